The molecule has 4 rings (SSSR count). The van der Waals surface area contributed by atoms with E-state index in [0.29, 0.717) is 24.5 Å². The number of carbonyl (C=O) groups is 2. The highest BCUT2D eigenvalue weighted by molar-refractivity contribution is 5.87. The second kappa shape index (κ2) is 8.10. The molecule has 1 amide bonds. The summed E-state index contributed by atoms with van der Waals surface area (Å²) in [4.78, 5) is 29.3. The molecular formula is C23H24N2O5. The molecule has 1 aliphatic heterocycles. The quantitative estimate of drug-likeness (QED) is 0.651. The lowest BCUT2D eigenvalue weighted by atomic mass is 9.91. The van der Waals surface area contributed by atoms with Gasteiger partial charge in [-0.05, 0) is 36.2 Å². The summed E-state index contributed by atoms with van der Waals surface area (Å²) in [5, 5.41) is 10.2. The first-order valence-electron chi connectivity index (χ1n) is 9.86. The van der Waals surface area contributed by atoms with E-state index < -0.39 is 12.0 Å². The van der Waals surface area contributed by atoms with E-state index in [1.807, 2.05) is 36.4 Å². The van der Waals surface area contributed by atoms with Crippen LogP contribution < -0.4 is 9.47 Å². The number of benzene rings is 2. The summed E-state index contributed by atoms with van der Waals surface area (Å²) in [5.74, 6) is 0.120. The van der Waals surface area contributed by atoms with Crippen molar-refractivity contribution < 1.29 is 24.2 Å². The lowest BCUT2D eigenvalue weighted by Crippen LogP contribution is -2.40. The molecule has 0 saturated heterocycles. The third kappa shape index (κ3) is 3.47. The second-order valence-corrected chi connectivity index (χ2v) is 7.30. The number of nitrogens with one attached hydrogen (secondary N) is 1. The molecule has 2 N–H and O–H groups in total. The molecule has 0 spiro atoms. The number of hydrogen-bond acceptors (Lipinski definition) is 4. The van der Waals surface area contributed by atoms with Gasteiger partial charge in [-0.15, -0.1) is 0 Å². The highest BCUT2D eigenvalue weighted by atomic mass is 16.5. The van der Waals surface area contributed by atoms with Crippen LogP contribution in [0.3, 0.4) is 0 Å². The van der Waals surface area contributed by atoms with Gasteiger partial charge >= 0.3 is 5.97 Å². The Hall–Kier alpha value is -3.48. The van der Waals surface area contributed by atoms with Gasteiger partial charge in [-0.3, -0.25) is 9.59 Å². The molecule has 3 aromatic rings. The topological polar surface area (TPSA) is 91.9 Å². The molecule has 7 nitrogen and oxygen atoms in total. The van der Waals surface area contributed by atoms with Crippen LogP contribution in [0.4, 0.5) is 0 Å². The minimum Gasteiger partial charge on any atom is -0.497 e. The number of amides is 1. The summed E-state index contributed by atoms with van der Waals surface area (Å²) in [5.41, 5.74) is 3.91. The lowest BCUT2D eigenvalue weighted by Gasteiger charge is -2.37. The van der Waals surface area contributed by atoms with Crippen molar-refractivity contribution in [1.29, 1.82) is 0 Å². The SMILES string of the molecule is COc1ccc(OC)c(C2c3[nH]c4ccccc4c3CCN2C(=O)CCC(=O)O)c1. The molecule has 2 aromatic carbocycles. The van der Waals surface area contributed by atoms with Crippen LogP contribution >= 0.6 is 0 Å². The summed E-state index contributed by atoms with van der Waals surface area (Å²) >= 11 is 0. The summed E-state index contributed by atoms with van der Waals surface area (Å²) < 4.78 is 11.0. The Bertz CT molecular complexity index is 1100. The number of fused-ring (bicyclic) bond motifs is 3. The van der Waals surface area contributed by atoms with Crippen LogP contribution in [0, 0.1) is 0 Å². The first kappa shape index (κ1) is 19.8. The number of aromatic amines is 1. The number of H-pyrrole nitrogens is 1. The molecule has 0 saturated carbocycles. The Morgan fingerprint density at radius 2 is 1.93 bits per heavy atom. The zero-order chi connectivity index (χ0) is 21.3. The number of methoxy groups -OCH3 is 2. The van der Waals surface area contributed by atoms with Gasteiger partial charge in [-0.25, -0.2) is 0 Å². The third-order valence-corrected chi connectivity index (χ3v) is 5.64. The fourth-order valence-electron chi connectivity index (χ4n) is 4.24. The smallest absolute Gasteiger partial charge is 0.303 e. The lowest BCUT2D eigenvalue weighted by molar-refractivity contribution is -0.141. The molecule has 0 bridgehead atoms. The van der Waals surface area contributed by atoms with E-state index in [1.165, 1.54) is 5.56 Å². The highest BCUT2D eigenvalue weighted by Crippen LogP contribution is 2.42. The van der Waals surface area contributed by atoms with Crippen LogP contribution in [0.25, 0.3) is 10.9 Å². The monoisotopic (exact) mass is 408 g/mol. The Kier molecular flexibility index (Phi) is 5.35. The number of carboxylic acid groups (broad SMARTS) is 1. The third-order valence-electron chi connectivity index (χ3n) is 5.64. The average molecular weight is 408 g/mol. The maximum Gasteiger partial charge on any atom is 0.303 e. The fourth-order valence-corrected chi connectivity index (χ4v) is 4.24. The van der Waals surface area contributed by atoms with E-state index in [9.17, 15) is 9.59 Å². The molecular weight excluding hydrogens is 384 g/mol. The van der Waals surface area contributed by atoms with E-state index in [4.69, 9.17) is 14.6 Å². The van der Waals surface area contributed by atoms with Gasteiger partial charge in [0, 0.05) is 35.1 Å². The van der Waals surface area contributed by atoms with Gasteiger partial charge in [-0.1, -0.05) is 18.2 Å². The average Bonchev–Trinajstić information content (AvgIpc) is 3.15. The van der Waals surface area contributed by atoms with Gasteiger partial charge in [0.1, 0.15) is 17.5 Å². The van der Waals surface area contributed by atoms with Gasteiger partial charge in [0.25, 0.3) is 0 Å². The second-order valence-electron chi connectivity index (χ2n) is 7.30. The van der Waals surface area contributed by atoms with Gasteiger partial charge < -0.3 is 24.5 Å². The molecule has 0 radical (unpaired) electrons. The minimum absolute atomic E-state index is 0.0479. The number of hydrogen-bond donors (Lipinski definition) is 2. The van der Waals surface area contributed by atoms with Gasteiger partial charge in [-0.2, -0.15) is 0 Å². The molecule has 7 heteroatoms. The van der Waals surface area contributed by atoms with Crippen molar-refractivity contribution in [2.75, 3.05) is 20.8 Å². The van der Waals surface area contributed by atoms with Crippen LogP contribution in [-0.2, 0) is 16.0 Å². The first-order chi connectivity index (χ1) is 14.5. The molecule has 2 heterocycles. The van der Waals surface area contributed by atoms with E-state index in [2.05, 4.69) is 11.1 Å². The number of carboxylic acids is 1. The summed E-state index contributed by atoms with van der Waals surface area (Å²) in [7, 11) is 3.19. The van der Waals surface area contributed by atoms with Crippen molar-refractivity contribution in [3.63, 3.8) is 0 Å². The molecule has 1 aliphatic rings. The molecule has 30 heavy (non-hydrogen) atoms. The van der Waals surface area contributed by atoms with Crippen molar-refractivity contribution in [2.24, 2.45) is 0 Å². The number of rotatable bonds is 6. The van der Waals surface area contributed by atoms with Gasteiger partial charge in [0.15, 0.2) is 0 Å². The minimum atomic E-state index is -0.984. The van der Waals surface area contributed by atoms with E-state index in [0.717, 1.165) is 22.2 Å². The van der Waals surface area contributed by atoms with Crippen molar-refractivity contribution in [1.82, 2.24) is 9.88 Å². The van der Waals surface area contributed by atoms with Gasteiger partial charge in [0.2, 0.25) is 5.91 Å². The summed E-state index contributed by atoms with van der Waals surface area (Å²) in [6, 6.07) is 13.2. The van der Waals surface area contributed by atoms with Crippen molar-refractivity contribution >= 4 is 22.8 Å². The maximum atomic E-state index is 13.0. The Morgan fingerprint density at radius 1 is 1.13 bits per heavy atom. The first-order valence-corrected chi connectivity index (χ1v) is 9.86. The molecule has 0 aliphatic carbocycles. The number of aromatic nitrogens is 1. The van der Waals surface area contributed by atoms with Crippen LogP contribution in [0.15, 0.2) is 42.5 Å². The number of aliphatic carboxylic acids is 1. The van der Waals surface area contributed by atoms with Crippen LogP contribution in [0.1, 0.15) is 35.7 Å². The molecule has 1 unspecified atom stereocenters. The predicted molar refractivity (Wildman–Crippen MR) is 112 cm³/mol. The normalized spacial score (nSPS) is 15.7. The number of nitrogens with zero attached hydrogens (tertiary/aromatic N) is 1. The number of carbonyl (C=O) groups excluding carboxylic acids is 1. The largest absolute Gasteiger partial charge is 0.497 e. The molecule has 0 fully saturated rings. The Morgan fingerprint density at radius 3 is 2.67 bits per heavy atom. The standard InChI is InChI=1S/C23H24N2O5/c1-29-14-7-8-19(30-2)17(13-14)23-22-16(15-5-3-4-6-18(15)24-22)11-12-25(23)20(26)9-10-21(27)28/h3-8,13,23-24H,9-12H2,1-2H3,(H,27,28). The van der Waals surface area contributed by atoms with E-state index in [-0.39, 0.29) is 18.7 Å². The zero-order valence-electron chi connectivity index (χ0n) is 17.0. The van der Waals surface area contributed by atoms with Gasteiger partial charge in [0.05, 0.1) is 20.6 Å². The zero-order valence-corrected chi connectivity index (χ0v) is 17.0. The van der Waals surface area contributed by atoms with E-state index >= 15 is 0 Å². The summed E-state index contributed by atoms with van der Waals surface area (Å²) in [6.07, 6.45) is 0.450. The molecule has 1 aromatic heterocycles. The molecule has 1 atom stereocenters. The number of ether oxygens (including phenoxy) is 2. The Labute approximate surface area is 174 Å². The van der Waals surface area contributed by atoms with Crippen molar-refractivity contribution in [3.8, 4) is 11.5 Å². The van der Waals surface area contributed by atoms with Crippen molar-refractivity contribution in [2.45, 2.75) is 25.3 Å². The molecule has 156 valence electrons. The fraction of sp³-hybridized carbons (Fsp3) is 0.304. The maximum absolute atomic E-state index is 13.0. The summed E-state index contributed by atoms with van der Waals surface area (Å²) in [6.45, 7) is 0.498. The Balaban J connectivity index is 1.87. The van der Waals surface area contributed by atoms with Crippen LogP contribution in [0.2, 0.25) is 0 Å². The van der Waals surface area contributed by atoms with Crippen LogP contribution in [0.5, 0.6) is 11.5 Å². The number of para-hydroxylation sites is 1. The van der Waals surface area contributed by atoms with Crippen LogP contribution in [-0.4, -0.2) is 47.6 Å². The van der Waals surface area contributed by atoms with E-state index in [1.54, 1.807) is 19.1 Å². The predicted octanol–water partition coefficient (Wildman–Crippen LogP) is 3.52. The highest BCUT2D eigenvalue weighted by Gasteiger charge is 2.36. The van der Waals surface area contributed by atoms with Crippen molar-refractivity contribution in [3.05, 3.63) is 59.3 Å².